The highest BCUT2D eigenvalue weighted by atomic mass is 16.5. The van der Waals surface area contributed by atoms with Gasteiger partial charge in [0.2, 0.25) is 0 Å². The summed E-state index contributed by atoms with van der Waals surface area (Å²) < 4.78 is 5.66. The zero-order valence-corrected chi connectivity index (χ0v) is 12.1. The third-order valence-electron chi connectivity index (χ3n) is 3.21. The third-order valence-corrected chi connectivity index (χ3v) is 3.21. The van der Waals surface area contributed by atoms with Crippen molar-refractivity contribution in [3.05, 3.63) is 65.7 Å². The zero-order valence-electron chi connectivity index (χ0n) is 12.1. The van der Waals surface area contributed by atoms with Crippen molar-refractivity contribution in [1.82, 2.24) is 5.32 Å². The van der Waals surface area contributed by atoms with Gasteiger partial charge >= 0.3 is 0 Å². The molecule has 0 saturated heterocycles. The number of hydrogen-bond acceptors (Lipinski definition) is 2. The van der Waals surface area contributed by atoms with Crippen LogP contribution in [0.5, 0.6) is 5.75 Å². The fourth-order valence-electron chi connectivity index (χ4n) is 2.00. The Morgan fingerprint density at radius 2 is 1.65 bits per heavy atom. The molecule has 0 aliphatic carbocycles. The molecule has 2 heteroatoms. The summed E-state index contributed by atoms with van der Waals surface area (Å²) in [6.45, 7) is 4.88. The van der Waals surface area contributed by atoms with Gasteiger partial charge in [0.15, 0.2) is 0 Å². The minimum Gasteiger partial charge on any atom is -0.494 e. The van der Waals surface area contributed by atoms with Gasteiger partial charge in [-0.1, -0.05) is 48.0 Å². The Morgan fingerprint density at radius 3 is 2.40 bits per heavy atom. The van der Waals surface area contributed by atoms with Gasteiger partial charge in [0, 0.05) is 6.54 Å². The van der Waals surface area contributed by atoms with Crippen LogP contribution in [0, 0.1) is 6.92 Å². The maximum atomic E-state index is 5.66. The molecule has 0 radical (unpaired) electrons. The Hall–Kier alpha value is -1.80. The largest absolute Gasteiger partial charge is 0.494 e. The van der Waals surface area contributed by atoms with E-state index in [9.17, 15) is 0 Å². The maximum absolute atomic E-state index is 5.66. The van der Waals surface area contributed by atoms with E-state index in [0.29, 0.717) is 0 Å². The van der Waals surface area contributed by atoms with Crippen LogP contribution in [-0.4, -0.2) is 13.2 Å². The summed E-state index contributed by atoms with van der Waals surface area (Å²) in [6, 6.07) is 18.7. The summed E-state index contributed by atoms with van der Waals surface area (Å²) in [5.74, 6) is 0.958. The zero-order chi connectivity index (χ0) is 14.0. The molecule has 0 aromatic heterocycles. The molecule has 0 saturated carbocycles. The molecule has 0 atom stereocenters. The SMILES string of the molecule is Cc1ccc(CNCCCCOc2ccccc2)cc1. The molecule has 2 rings (SSSR count). The van der Waals surface area contributed by atoms with Crippen LogP contribution >= 0.6 is 0 Å². The Morgan fingerprint density at radius 1 is 0.900 bits per heavy atom. The van der Waals surface area contributed by atoms with Crippen molar-refractivity contribution >= 4 is 0 Å². The lowest BCUT2D eigenvalue weighted by Gasteiger charge is -2.07. The number of rotatable bonds is 8. The summed E-state index contributed by atoms with van der Waals surface area (Å²) in [6.07, 6.45) is 2.22. The molecule has 0 amide bonds. The van der Waals surface area contributed by atoms with Crippen LogP contribution < -0.4 is 10.1 Å². The Balaban J connectivity index is 1.51. The highest BCUT2D eigenvalue weighted by Gasteiger charge is 1.94. The first-order valence-corrected chi connectivity index (χ1v) is 7.29. The summed E-state index contributed by atoms with van der Waals surface area (Å²) >= 11 is 0. The molecule has 0 aliphatic heterocycles. The quantitative estimate of drug-likeness (QED) is 0.733. The second kappa shape index (κ2) is 8.39. The number of benzene rings is 2. The molecule has 1 N–H and O–H groups in total. The second-order valence-corrected chi connectivity index (χ2v) is 5.03. The van der Waals surface area contributed by atoms with Crippen molar-refractivity contribution in [3.8, 4) is 5.75 Å². The highest BCUT2D eigenvalue weighted by molar-refractivity contribution is 5.21. The van der Waals surface area contributed by atoms with E-state index in [1.807, 2.05) is 30.3 Å². The van der Waals surface area contributed by atoms with Gasteiger partial charge in [0.1, 0.15) is 5.75 Å². The smallest absolute Gasteiger partial charge is 0.119 e. The average Bonchev–Trinajstić information content (AvgIpc) is 2.49. The Kier molecular flexibility index (Phi) is 6.12. The first-order valence-electron chi connectivity index (χ1n) is 7.29. The minimum absolute atomic E-state index is 0.788. The third kappa shape index (κ3) is 5.45. The molecule has 2 aromatic rings. The second-order valence-electron chi connectivity index (χ2n) is 5.03. The standard InChI is InChI=1S/C18H23NO/c1-16-9-11-17(12-10-16)15-19-13-5-6-14-20-18-7-3-2-4-8-18/h2-4,7-12,19H,5-6,13-15H2,1H3. The lowest BCUT2D eigenvalue weighted by Crippen LogP contribution is -2.15. The molecule has 0 unspecified atom stereocenters. The van der Waals surface area contributed by atoms with E-state index in [4.69, 9.17) is 4.74 Å². The fraction of sp³-hybridized carbons (Fsp3) is 0.333. The summed E-state index contributed by atoms with van der Waals surface area (Å²) in [5, 5.41) is 3.46. The van der Waals surface area contributed by atoms with Crippen molar-refractivity contribution in [2.75, 3.05) is 13.2 Å². The number of hydrogen-bond donors (Lipinski definition) is 1. The van der Waals surface area contributed by atoms with Gasteiger partial charge in [-0.25, -0.2) is 0 Å². The summed E-state index contributed by atoms with van der Waals surface area (Å²) in [4.78, 5) is 0. The lowest BCUT2D eigenvalue weighted by molar-refractivity contribution is 0.306. The van der Waals surface area contributed by atoms with Gasteiger partial charge in [-0.3, -0.25) is 0 Å². The molecule has 20 heavy (non-hydrogen) atoms. The van der Waals surface area contributed by atoms with E-state index in [1.165, 1.54) is 11.1 Å². The normalized spacial score (nSPS) is 10.4. The monoisotopic (exact) mass is 269 g/mol. The molecular formula is C18H23NO. The summed E-state index contributed by atoms with van der Waals surface area (Å²) in [5.41, 5.74) is 2.66. The summed E-state index contributed by atoms with van der Waals surface area (Å²) in [7, 11) is 0. The van der Waals surface area contributed by atoms with Crippen molar-refractivity contribution in [3.63, 3.8) is 0 Å². The van der Waals surface area contributed by atoms with E-state index >= 15 is 0 Å². The van der Waals surface area contributed by atoms with Crippen LogP contribution in [0.3, 0.4) is 0 Å². The van der Waals surface area contributed by atoms with Crippen LogP contribution in [0.25, 0.3) is 0 Å². The highest BCUT2D eigenvalue weighted by Crippen LogP contribution is 2.08. The molecule has 0 heterocycles. The molecule has 0 fully saturated rings. The van der Waals surface area contributed by atoms with Crippen LogP contribution in [-0.2, 0) is 6.54 Å². The van der Waals surface area contributed by atoms with Crippen molar-refractivity contribution < 1.29 is 4.74 Å². The first-order chi connectivity index (χ1) is 9.84. The van der Waals surface area contributed by atoms with Gasteiger partial charge in [-0.05, 0) is 44.0 Å². The van der Waals surface area contributed by atoms with Gasteiger partial charge in [-0.2, -0.15) is 0 Å². The van der Waals surface area contributed by atoms with E-state index in [2.05, 4.69) is 36.5 Å². The van der Waals surface area contributed by atoms with Crippen molar-refractivity contribution in [2.45, 2.75) is 26.3 Å². The van der Waals surface area contributed by atoms with Crippen molar-refractivity contribution in [2.24, 2.45) is 0 Å². The van der Waals surface area contributed by atoms with Crippen LogP contribution in [0.1, 0.15) is 24.0 Å². The topological polar surface area (TPSA) is 21.3 Å². The molecule has 0 bridgehead atoms. The van der Waals surface area contributed by atoms with Crippen LogP contribution in [0.15, 0.2) is 54.6 Å². The molecule has 0 aliphatic rings. The van der Waals surface area contributed by atoms with E-state index in [-0.39, 0.29) is 0 Å². The van der Waals surface area contributed by atoms with Crippen LogP contribution in [0.2, 0.25) is 0 Å². The maximum Gasteiger partial charge on any atom is 0.119 e. The van der Waals surface area contributed by atoms with Gasteiger partial charge in [0.25, 0.3) is 0 Å². The predicted octanol–water partition coefficient (Wildman–Crippen LogP) is 3.94. The molecule has 2 nitrogen and oxygen atoms in total. The Bertz CT molecular complexity index is 479. The number of aryl methyl sites for hydroxylation is 1. The molecule has 106 valence electrons. The van der Waals surface area contributed by atoms with E-state index in [0.717, 1.165) is 38.3 Å². The number of ether oxygens (including phenoxy) is 1. The van der Waals surface area contributed by atoms with E-state index < -0.39 is 0 Å². The average molecular weight is 269 g/mol. The molecule has 2 aromatic carbocycles. The van der Waals surface area contributed by atoms with Gasteiger partial charge < -0.3 is 10.1 Å². The van der Waals surface area contributed by atoms with Crippen LogP contribution in [0.4, 0.5) is 0 Å². The molecule has 0 spiro atoms. The van der Waals surface area contributed by atoms with Gasteiger partial charge in [-0.15, -0.1) is 0 Å². The number of unbranched alkanes of at least 4 members (excludes halogenated alkanes) is 1. The van der Waals surface area contributed by atoms with Gasteiger partial charge in [0.05, 0.1) is 6.61 Å². The Labute approximate surface area is 121 Å². The molecular weight excluding hydrogens is 246 g/mol. The van der Waals surface area contributed by atoms with E-state index in [1.54, 1.807) is 0 Å². The van der Waals surface area contributed by atoms with Crippen molar-refractivity contribution in [1.29, 1.82) is 0 Å². The number of nitrogens with one attached hydrogen (secondary N) is 1. The number of para-hydroxylation sites is 1. The first kappa shape index (κ1) is 14.6. The minimum atomic E-state index is 0.788. The predicted molar refractivity (Wildman–Crippen MR) is 84.1 cm³/mol. The lowest BCUT2D eigenvalue weighted by atomic mass is 10.1. The fourth-order valence-corrected chi connectivity index (χ4v) is 2.00.